The lowest BCUT2D eigenvalue weighted by Gasteiger charge is -2.07. The van der Waals surface area contributed by atoms with Crippen LogP contribution >= 0.6 is 0 Å². The van der Waals surface area contributed by atoms with Crippen LogP contribution in [0.2, 0.25) is 0 Å². The van der Waals surface area contributed by atoms with Crippen LogP contribution in [0.15, 0.2) is 36.4 Å². The summed E-state index contributed by atoms with van der Waals surface area (Å²) in [6.07, 6.45) is 0. The summed E-state index contributed by atoms with van der Waals surface area (Å²) in [6.45, 7) is 0. The van der Waals surface area contributed by atoms with E-state index in [1.54, 1.807) is 0 Å². The number of amides is 1. The first-order valence-corrected chi connectivity index (χ1v) is 4.96. The summed E-state index contributed by atoms with van der Waals surface area (Å²) < 4.78 is 30.9. The molecule has 92 valence electrons. The van der Waals surface area contributed by atoms with Crippen molar-refractivity contribution in [2.24, 2.45) is 5.73 Å². The second-order valence-corrected chi connectivity index (χ2v) is 3.41. The highest BCUT2D eigenvalue weighted by molar-refractivity contribution is 5.95. The molecule has 1 amide bonds. The SMILES string of the molecule is NC(=O)c1ccc(F)nc1Oc1ccc(F)cc1. The van der Waals surface area contributed by atoms with Crippen LogP contribution in [0.1, 0.15) is 10.4 Å². The van der Waals surface area contributed by atoms with Crippen LogP contribution in [-0.4, -0.2) is 10.9 Å². The number of halogens is 2. The minimum atomic E-state index is -0.808. The Morgan fingerprint density at radius 1 is 1.11 bits per heavy atom. The van der Waals surface area contributed by atoms with E-state index in [2.05, 4.69) is 4.98 Å². The van der Waals surface area contributed by atoms with Crippen molar-refractivity contribution in [3.63, 3.8) is 0 Å². The van der Waals surface area contributed by atoms with Crippen LogP contribution in [0.4, 0.5) is 8.78 Å². The fraction of sp³-hybridized carbons (Fsp3) is 0. The number of rotatable bonds is 3. The van der Waals surface area contributed by atoms with Gasteiger partial charge in [0.05, 0.1) is 0 Å². The second-order valence-electron chi connectivity index (χ2n) is 3.41. The maximum absolute atomic E-state index is 13.0. The Labute approximate surface area is 101 Å². The topological polar surface area (TPSA) is 65.2 Å². The Bertz CT molecular complexity index is 585. The van der Waals surface area contributed by atoms with Crippen LogP contribution < -0.4 is 10.5 Å². The van der Waals surface area contributed by atoms with Gasteiger partial charge in [0, 0.05) is 0 Å². The largest absolute Gasteiger partial charge is 0.438 e. The minimum Gasteiger partial charge on any atom is -0.438 e. The number of pyridine rings is 1. The number of aromatic nitrogens is 1. The van der Waals surface area contributed by atoms with Gasteiger partial charge in [-0.2, -0.15) is 9.37 Å². The quantitative estimate of drug-likeness (QED) is 0.849. The molecule has 1 aromatic carbocycles. The van der Waals surface area contributed by atoms with Crippen molar-refractivity contribution < 1.29 is 18.3 Å². The maximum atomic E-state index is 13.0. The van der Waals surface area contributed by atoms with Gasteiger partial charge in [-0.1, -0.05) is 0 Å². The molecule has 0 aliphatic rings. The zero-order chi connectivity index (χ0) is 13.1. The number of hydrogen-bond acceptors (Lipinski definition) is 3. The van der Waals surface area contributed by atoms with Crippen LogP contribution in [0.5, 0.6) is 11.6 Å². The molecule has 0 spiro atoms. The third kappa shape index (κ3) is 2.60. The molecular formula is C12H8F2N2O2. The summed E-state index contributed by atoms with van der Waals surface area (Å²) in [7, 11) is 0. The number of primary amides is 1. The average molecular weight is 250 g/mol. The number of nitrogens with two attached hydrogens (primary N) is 1. The third-order valence-corrected chi connectivity index (χ3v) is 2.12. The van der Waals surface area contributed by atoms with E-state index in [0.717, 1.165) is 6.07 Å². The molecule has 18 heavy (non-hydrogen) atoms. The molecule has 2 aromatic rings. The Morgan fingerprint density at radius 3 is 2.39 bits per heavy atom. The molecule has 0 fully saturated rings. The number of carbonyl (C=O) groups is 1. The average Bonchev–Trinajstić information content (AvgIpc) is 2.32. The smallest absolute Gasteiger partial charge is 0.254 e. The summed E-state index contributed by atoms with van der Waals surface area (Å²) in [5.74, 6) is -2.08. The molecule has 0 aliphatic heterocycles. The molecule has 4 nitrogen and oxygen atoms in total. The molecule has 6 heteroatoms. The highest BCUT2D eigenvalue weighted by Gasteiger charge is 2.13. The molecule has 0 atom stereocenters. The maximum Gasteiger partial charge on any atom is 0.254 e. The number of carbonyl (C=O) groups excluding carboxylic acids is 1. The molecular weight excluding hydrogens is 242 g/mol. The zero-order valence-electron chi connectivity index (χ0n) is 9.06. The van der Waals surface area contributed by atoms with E-state index < -0.39 is 17.7 Å². The van der Waals surface area contributed by atoms with Gasteiger partial charge >= 0.3 is 0 Å². The van der Waals surface area contributed by atoms with Crippen molar-refractivity contribution in [1.82, 2.24) is 4.98 Å². The Hall–Kier alpha value is -2.50. The summed E-state index contributed by atoms with van der Waals surface area (Å²) in [4.78, 5) is 14.5. The van der Waals surface area contributed by atoms with Crippen LogP contribution in [0.25, 0.3) is 0 Å². The molecule has 1 heterocycles. The van der Waals surface area contributed by atoms with Crippen LogP contribution in [0, 0.1) is 11.8 Å². The highest BCUT2D eigenvalue weighted by Crippen LogP contribution is 2.23. The van der Waals surface area contributed by atoms with Crippen molar-refractivity contribution in [3.8, 4) is 11.6 Å². The minimum absolute atomic E-state index is 0.0549. The molecule has 0 aliphatic carbocycles. The van der Waals surface area contributed by atoms with Gasteiger partial charge in [-0.25, -0.2) is 4.39 Å². The predicted octanol–water partition coefficient (Wildman–Crippen LogP) is 2.25. The molecule has 0 saturated heterocycles. The highest BCUT2D eigenvalue weighted by atomic mass is 19.1. The van der Waals surface area contributed by atoms with Gasteiger partial charge in [0.2, 0.25) is 11.8 Å². The predicted molar refractivity (Wildman–Crippen MR) is 59.2 cm³/mol. The van der Waals surface area contributed by atoms with Crippen molar-refractivity contribution in [3.05, 3.63) is 53.7 Å². The number of ether oxygens (including phenoxy) is 1. The number of benzene rings is 1. The van der Waals surface area contributed by atoms with Crippen LogP contribution in [0.3, 0.4) is 0 Å². The number of hydrogen-bond donors (Lipinski definition) is 1. The summed E-state index contributed by atoms with van der Waals surface area (Å²) in [5.41, 5.74) is 5.05. The summed E-state index contributed by atoms with van der Waals surface area (Å²) in [6, 6.07) is 7.15. The van der Waals surface area contributed by atoms with Crippen molar-refractivity contribution >= 4 is 5.91 Å². The molecule has 2 N–H and O–H groups in total. The van der Waals surface area contributed by atoms with E-state index in [0.29, 0.717) is 0 Å². The lowest BCUT2D eigenvalue weighted by Crippen LogP contribution is -2.13. The Morgan fingerprint density at radius 2 is 1.78 bits per heavy atom. The van der Waals surface area contributed by atoms with Crippen molar-refractivity contribution in [2.45, 2.75) is 0 Å². The molecule has 0 unspecified atom stereocenters. The lowest BCUT2D eigenvalue weighted by atomic mass is 10.2. The van der Waals surface area contributed by atoms with Gasteiger partial charge in [-0.15, -0.1) is 0 Å². The normalized spacial score (nSPS) is 10.1. The zero-order valence-corrected chi connectivity index (χ0v) is 9.06. The molecule has 0 radical (unpaired) electrons. The van der Waals surface area contributed by atoms with Gasteiger partial charge in [0.15, 0.2) is 0 Å². The standard InChI is InChI=1S/C12H8F2N2O2/c13-7-1-3-8(4-2-7)18-12-9(11(15)17)5-6-10(14)16-12/h1-6H,(H2,15,17). The van der Waals surface area contributed by atoms with Crippen molar-refractivity contribution in [1.29, 1.82) is 0 Å². The molecule has 0 bridgehead atoms. The fourth-order valence-electron chi connectivity index (χ4n) is 1.30. The Kier molecular flexibility index (Phi) is 3.18. The van der Waals surface area contributed by atoms with Gasteiger partial charge in [-0.05, 0) is 36.4 Å². The summed E-state index contributed by atoms with van der Waals surface area (Å²) in [5, 5.41) is 0. The molecule has 2 rings (SSSR count). The van der Waals surface area contributed by atoms with E-state index in [1.807, 2.05) is 0 Å². The second kappa shape index (κ2) is 4.79. The summed E-state index contributed by atoms with van der Waals surface area (Å²) >= 11 is 0. The monoisotopic (exact) mass is 250 g/mol. The Balaban J connectivity index is 2.35. The first-order chi connectivity index (χ1) is 8.56. The third-order valence-electron chi connectivity index (χ3n) is 2.12. The fourth-order valence-corrected chi connectivity index (χ4v) is 1.30. The van der Waals surface area contributed by atoms with Gasteiger partial charge < -0.3 is 10.5 Å². The van der Waals surface area contributed by atoms with Crippen LogP contribution in [-0.2, 0) is 0 Å². The molecule has 0 saturated carbocycles. The molecule has 1 aromatic heterocycles. The number of nitrogens with zero attached hydrogens (tertiary/aromatic N) is 1. The van der Waals surface area contributed by atoms with Gasteiger partial charge in [-0.3, -0.25) is 4.79 Å². The first kappa shape index (κ1) is 12.0. The first-order valence-electron chi connectivity index (χ1n) is 4.96. The van der Waals surface area contributed by atoms with E-state index in [4.69, 9.17) is 10.5 Å². The lowest BCUT2D eigenvalue weighted by molar-refractivity contribution is 0.0997. The van der Waals surface area contributed by atoms with E-state index in [-0.39, 0.29) is 17.2 Å². The van der Waals surface area contributed by atoms with E-state index in [1.165, 1.54) is 30.3 Å². The van der Waals surface area contributed by atoms with Gasteiger partial charge in [0.25, 0.3) is 5.91 Å². The van der Waals surface area contributed by atoms with Gasteiger partial charge in [0.1, 0.15) is 17.1 Å². The van der Waals surface area contributed by atoms with E-state index in [9.17, 15) is 13.6 Å². The van der Waals surface area contributed by atoms with E-state index >= 15 is 0 Å². The van der Waals surface area contributed by atoms with Crippen molar-refractivity contribution in [2.75, 3.05) is 0 Å².